The molecule has 1 atom stereocenters. The van der Waals surface area contributed by atoms with Gasteiger partial charge in [-0.3, -0.25) is 9.36 Å². The Bertz CT molecular complexity index is 476. The summed E-state index contributed by atoms with van der Waals surface area (Å²) in [5.41, 5.74) is 5.84. The highest BCUT2D eigenvalue weighted by molar-refractivity contribution is 7.99. The van der Waals surface area contributed by atoms with Gasteiger partial charge in [-0.05, 0) is 32.7 Å². The van der Waals surface area contributed by atoms with Gasteiger partial charge in [0.1, 0.15) is 0 Å². The number of carboxylic acid groups (broad SMARTS) is 1. The summed E-state index contributed by atoms with van der Waals surface area (Å²) in [6.45, 7) is 7.29. The fourth-order valence-electron chi connectivity index (χ4n) is 2.44. The van der Waals surface area contributed by atoms with Crippen LogP contribution >= 0.6 is 11.8 Å². The summed E-state index contributed by atoms with van der Waals surface area (Å²) >= 11 is 1.16. The molecule has 2 rings (SSSR count). The average molecular weight is 299 g/mol. The Morgan fingerprint density at radius 1 is 1.55 bits per heavy atom. The molecule has 7 nitrogen and oxygen atoms in total. The Balaban J connectivity index is 1.99. The molecule has 0 aromatic carbocycles. The highest BCUT2D eigenvalue weighted by Gasteiger charge is 2.26. The van der Waals surface area contributed by atoms with E-state index in [4.69, 9.17) is 10.8 Å². The number of carbonyl (C=O) groups is 1. The highest BCUT2D eigenvalue weighted by atomic mass is 32.2. The zero-order chi connectivity index (χ0) is 14.7. The molecular formula is C12H21N5O2S. The second-order valence-electron chi connectivity index (χ2n) is 5.38. The Labute approximate surface area is 122 Å². The first-order valence-electron chi connectivity index (χ1n) is 6.74. The molecule has 0 bridgehead atoms. The number of thioether (sulfide) groups is 1. The Hall–Kier alpha value is -1.28. The molecule has 1 aliphatic heterocycles. The van der Waals surface area contributed by atoms with Crippen molar-refractivity contribution in [1.29, 1.82) is 0 Å². The van der Waals surface area contributed by atoms with Crippen molar-refractivity contribution in [2.45, 2.75) is 38.0 Å². The minimum atomic E-state index is -0.866. The van der Waals surface area contributed by atoms with E-state index >= 15 is 0 Å². The van der Waals surface area contributed by atoms with Gasteiger partial charge in [0, 0.05) is 19.1 Å². The molecule has 0 aliphatic carbocycles. The van der Waals surface area contributed by atoms with Crippen molar-refractivity contribution in [3.63, 3.8) is 0 Å². The number of aromatic nitrogens is 3. The van der Waals surface area contributed by atoms with Crippen LogP contribution in [0.4, 0.5) is 5.95 Å². The van der Waals surface area contributed by atoms with Crippen LogP contribution < -0.4 is 5.73 Å². The maximum absolute atomic E-state index is 10.6. The number of anilines is 1. The number of carboxylic acids is 1. The standard InChI is InChI=1S/C12H21N5O2S/c1-8(2)16-4-3-9(5-16)6-17-11(13)14-15-12(17)20-7-10(18)19/h8-9H,3-7H2,1-2H3,(H2,13,14)(H,18,19). The molecule has 1 aliphatic rings. The lowest BCUT2D eigenvalue weighted by molar-refractivity contribution is -0.133. The van der Waals surface area contributed by atoms with E-state index in [2.05, 4.69) is 28.9 Å². The topological polar surface area (TPSA) is 97.3 Å². The lowest BCUT2D eigenvalue weighted by Gasteiger charge is -2.20. The number of nitrogens with zero attached hydrogens (tertiary/aromatic N) is 4. The van der Waals surface area contributed by atoms with Gasteiger partial charge in [-0.15, -0.1) is 10.2 Å². The van der Waals surface area contributed by atoms with Crippen molar-refractivity contribution < 1.29 is 9.90 Å². The van der Waals surface area contributed by atoms with Gasteiger partial charge < -0.3 is 15.7 Å². The number of likely N-dealkylation sites (tertiary alicyclic amines) is 1. The lowest BCUT2D eigenvalue weighted by atomic mass is 10.1. The molecule has 112 valence electrons. The fourth-order valence-corrected chi connectivity index (χ4v) is 3.12. The van der Waals surface area contributed by atoms with Crippen molar-refractivity contribution in [3.8, 4) is 0 Å². The largest absolute Gasteiger partial charge is 0.481 e. The number of hydrogen-bond donors (Lipinski definition) is 2. The summed E-state index contributed by atoms with van der Waals surface area (Å²) in [5.74, 6) is -0.0169. The van der Waals surface area contributed by atoms with Gasteiger partial charge in [0.15, 0.2) is 5.16 Å². The second kappa shape index (κ2) is 6.45. The number of nitrogen functional groups attached to an aromatic ring is 1. The van der Waals surface area contributed by atoms with Crippen LogP contribution in [0.3, 0.4) is 0 Å². The van der Waals surface area contributed by atoms with E-state index in [1.165, 1.54) is 0 Å². The van der Waals surface area contributed by atoms with Crippen LogP contribution in [0.5, 0.6) is 0 Å². The van der Waals surface area contributed by atoms with Crippen LogP contribution in [0, 0.1) is 5.92 Å². The Kier molecular flexibility index (Phi) is 4.87. The van der Waals surface area contributed by atoms with Gasteiger partial charge in [0.2, 0.25) is 5.95 Å². The van der Waals surface area contributed by atoms with Gasteiger partial charge in [0.05, 0.1) is 5.75 Å². The van der Waals surface area contributed by atoms with Crippen molar-refractivity contribution in [2.75, 3.05) is 24.6 Å². The molecule has 1 unspecified atom stereocenters. The van der Waals surface area contributed by atoms with Gasteiger partial charge >= 0.3 is 5.97 Å². The summed E-state index contributed by atoms with van der Waals surface area (Å²) < 4.78 is 1.84. The molecule has 1 fully saturated rings. The minimum Gasteiger partial charge on any atom is -0.481 e. The third-order valence-corrected chi connectivity index (χ3v) is 4.51. The van der Waals surface area contributed by atoms with E-state index in [0.29, 0.717) is 23.1 Å². The van der Waals surface area contributed by atoms with Crippen LogP contribution in [0.1, 0.15) is 20.3 Å². The van der Waals surface area contributed by atoms with Crippen LogP contribution in [-0.4, -0.2) is 55.6 Å². The number of rotatable bonds is 6. The van der Waals surface area contributed by atoms with Gasteiger partial charge in [-0.25, -0.2) is 0 Å². The van der Waals surface area contributed by atoms with Gasteiger partial charge in [0.25, 0.3) is 0 Å². The first-order valence-corrected chi connectivity index (χ1v) is 7.73. The van der Waals surface area contributed by atoms with Crippen molar-refractivity contribution in [1.82, 2.24) is 19.7 Å². The molecule has 8 heteroatoms. The van der Waals surface area contributed by atoms with E-state index in [0.717, 1.165) is 37.8 Å². The van der Waals surface area contributed by atoms with Crippen LogP contribution in [-0.2, 0) is 11.3 Å². The zero-order valence-electron chi connectivity index (χ0n) is 11.8. The maximum Gasteiger partial charge on any atom is 0.313 e. The van der Waals surface area contributed by atoms with Crippen molar-refractivity contribution >= 4 is 23.7 Å². The molecule has 0 spiro atoms. The third kappa shape index (κ3) is 3.63. The van der Waals surface area contributed by atoms with E-state index < -0.39 is 5.97 Å². The van der Waals surface area contributed by atoms with E-state index in [-0.39, 0.29) is 5.75 Å². The summed E-state index contributed by atoms with van der Waals surface area (Å²) in [5, 5.41) is 17.1. The maximum atomic E-state index is 10.6. The van der Waals surface area contributed by atoms with Crippen LogP contribution in [0.15, 0.2) is 5.16 Å². The van der Waals surface area contributed by atoms with Crippen molar-refractivity contribution in [3.05, 3.63) is 0 Å². The molecule has 20 heavy (non-hydrogen) atoms. The second-order valence-corrected chi connectivity index (χ2v) is 6.32. The average Bonchev–Trinajstić information content (AvgIpc) is 2.97. The monoisotopic (exact) mass is 299 g/mol. The molecule has 0 radical (unpaired) electrons. The normalized spacial score (nSPS) is 19.9. The molecule has 1 saturated heterocycles. The van der Waals surface area contributed by atoms with E-state index in [1.807, 2.05) is 4.57 Å². The van der Waals surface area contributed by atoms with Crippen LogP contribution in [0.25, 0.3) is 0 Å². The first kappa shape index (κ1) is 15.1. The molecule has 2 heterocycles. The van der Waals surface area contributed by atoms with Gasteiger partial charge in [-0.2, -0.15) is 0 Å². The highest BCUT2D eigenvalue weighted by Crippen LogP contribution is 2.24. The van der Waals surface area contributed by atoms with E-state index in [9.17, 15) is 4.79 Å². The molecule has 1 aromatic rings. The zero-order valence-corrected chi connectivity index (χ0v) is 12.6. The minimum absolute atomic E-state index is 0.0269. The number of nitrogens with two attached hydrogens (primary N) is 1. The summed E-state index contributed by atoms with van der Waals surface area (Å²) in [4.78, 5) is 13.1. The first-order chi connectivity index (χ1) is 9.47. The fraction of sp³-hybridized carbons (Fsp3) is 0.750. The third-order valence-electron chi connectivity index (χ3n) is 3.56. The predicted octanol–water partition coefficient (Wildman–Crippen LogP) is 0.767. The van der Waals surface area contributed by atoms with E-state index in [1.54, 1.807) is 0 Å². The summed E-state index contributed by atoms with van der Waals surface area (Å²) in [6, 6.07) is 0.555. The lowest BCUT2D eigenvalue weighted by Crippen LogP contribution is -2.29. The van der Waals surface area contributed by atoms with Gasteiger partial charge in [-0.1, -0.05) is 11.8 Å². The molecule has 0 saturated carbocycles. The Morgan fingerprint density at radius 3 is 2.90 bits per heavy atom. The predicted molar refractivity (Wildman–Crippen MR) is 77.6 cm³/mol. The smallest absolute Gasteiger partial charge is 0.313 e. The summed E-state index contributed by atoms with van der Waals surface area (Å²) in [7, 11) is 0. The molecule has 3 N–H and O–H groups in total. The van der Waals surface area contributed by atoms with Crippen LogP contribution in [0.2, 0.25) is 0 Å². The number of aliphatic carboxylic acids is 1. The Morgan fingerprint density at radius 2 is 2.30 bits per heavy atom. The molecule has 1 aromatic heterocycles. The molecular weight excluding hydrogens is 278 g/mol. The van der Waals surface area contributed by atoms with Crippen molar-refractivity contribution in [2.24, 2.45) is 5.92 Å². The summed E-state index contributed by atoms with van der Waals surface area (Å²) in [6.07, 6.45) is 1.12. The quantitative estimate of drug-likeness (QED) is 0.749. The number of hydrogen-bond acceptors (Lipinski definition) is 6. The molecule has 0 amide bonds. The SMILES string of the molecule is CC(C)N1CCC(Cn2c(N)nnc2SCC(=O)O)C1.